The van der Waals surface area contributed by atoms with Gasteiger partial charge in [0, 0.05) is 30.1 Å². The van der Waals surface area contributed by atoms with Crippen LogP contribution in [0.3, 0.4) is 0 Å². The summed E-state index contributed by atoms with van der Waals surface area (Å²) >= 11 is 0. The molecule has 0 aliphatic rings. The predicted molar refractivity (Wildman–Crippen MR) is 96.1 cm³/mol. The lowest BCUT2D eigenvalue weighted by Gasteiger charge is -2.33. The van der Waals surface area contributed by atoms with Crippen LogP contribution in [0, 0.1) is 18.3 Å². The van der Waals surface area contributed by atoms with Crippen molar-refractivity contribution in [3.05, 3.63) is 30.2 Å². The third kappa shape index (κ3) is 5.03. The van der Waals surface area contributed by atoms with Crippen LogP contribution in [0.2, 0.25) is 0 Å². The van der Waals surface area contributed by atoms with Gasteiger partial charge in [0.1, 0.15) is 0 Å². The number of amides is 2. The Bertz CT molecular complexity index is 707. The standard InChI is InChI=1S/C18H26N4O3/c1-11(2)15(23)18(4,5)10-19-17(24)20-14-8-6-13(7-9-14)16-22-21-12(3)25-16/h6-9,11,15,23H,10H2,1-5H3,(H2,19,20,24). The molecule has 0 aliphatic heterocycles. The number of urea groups is 1. The molecule has 0 saturated heterocycles. The maximum atomic E-state index is 12.1. The Labute approximate surface area is 147 Å². The van der Waals surface area contributed by atoms with Crippen molar-refractivity contribution in [2.45, 2.75) is 40.7 Å². The van der Waals surface area contributed by atoms with Gasteiger partial charge in [-0.25, -0.2) is 4.79 Å². The van der Waals surface area contributed by atoms with Gasteiger partial charge in [-0.15, -0.1) is 10.2 Å². The van der Waals surface area contributed by atoms with Crippen molar-refractivity contribution in [2.24, 2.45) is 11.3 Å². The van der Waals surface area contributed by atoms with Gasteiger partial charge in [0.25, 0.3) is 0 Å². The van der Waals surface area contributed by atoms with Crippen molar-refractivity contribution < 1.29 is 14.3 Å². The summed E-state index contributed by atoms with van der Waals surface area (Å²) in [7, 11) is 0. The lowest BCUT2D eigenvalue weighted by Crippen LogP contribution is -2.44. The van der Waals surface area contributed by atoms with E-state index in [0.717, 1.165) is 5.56 Å². The Kier molecular flexibility index (Phi) is 5.79. The van der Waals surface area contributed by atoms with E-state index >= 15 is 0 Å². The van der Waals surface area contributed by atoms with E-state index < -0.39 is 11.5 Å². The number of nitrogens with one attached hydrogen (secondary N) is 2. The largest absolute Gasteiger partial charge is 0.421 e. The van der Waals surface area contributed by atoms with Crippen LogP contribution >= 0.6 is 0 Å². The number of rotatable bonds is 6. The van der Waals surface area contributed by atoms with Crippen LogP contribution in [0.15, 0.2) is 28.7 Å². The number of carbonyl (C=O) groups excluding carboxylic acids is 1. The molecular formula is C18H26N4O3. The van der Waals surface area contributed by atoms with E-state index in [1.54, 1.807) is 31.2 Å². The van der Waals surface area contributed by atoms with E-state index in [4.69, 9.17) is 4.42 Å². The number of hydrogen-bond acceptors (Lipinski definition) is 5. The van der Waals surface area contributed by atoms with Gasteiger partial charge in [0.2, 0.25) is 11.8 Å². The zero-order valence-corrected chi connectivity index (χ0v) is 15.3. The second kappa shape index (κ2) is 7.65. The van der Waals surface area contributed by atoms with Gasteiger partial charge in [0.15, 0.2) is 0 Å². The number of carbonyl (C=O) groups is 1. The zero-order valence-electron chi connectivity index (χ0n) is 15.3. The lowest BCUT2D eigenvalue weighted by atomic mass is 9.81. The number of aliphatic hydroxyl groups excluding tert-OH is 1. The van der Waals surface area contributed by atoms with Crippen molar-refractivity contribution in [3.8, 4) is 11.5 Å². The fourth-order valence-corrected chi connectivity index (χ4v) is 2.60. The molecule has 0 spiro atoms. The Balaban J connectivity index is 1.90. The van der Waals surface area contributed by atoms with Crippen molar-refractivity contribution in [3.63, 3.8) is 0 Å². The summed E-state index contributed by atoms with van der Waals surface area (Å²) in [6.45, 7) is 9.88. The number of aliphatic hydroxyl groups is 1. The van der Waals surface area contributed by atoms with Crippen LogP contribution in [-0.2, 0) is 0 Å². The molecule has 1 atom stereocenters. The SMILES string of the molecule is Cc1nnc(-c2ccc(NC(=O)NCC(C)(C)C(O)C(C)C)cc2)o1. The van der Waals surface area contributed by atoms with E-state index in [1.807, 2.05) is 27.7 Å². The third-order valence-electron chi connectivity index (χ3n) is 4.05. The van der Waals surface area contributed by atoms with Crippen LogP contribution < -0.4 is 10.6 Å². The molecule has 3 N–H and O–H groups in total. The van der Waals surface area contributed by atoms with Gasteiger partial charge in [-0.05, 0) is 30.2 Å². The molecule has 2 amide bonds. The Hall–Kier alpha value is -2.41. The average molecular weight is 346 g/mol. The first-order valence-corrected chi connectivity index (χ1v) is 8.32. The summed E-state index contributed by atoms with van der Waals surface area (Å²) < 4.78 is 5.36. The number of aryl methyl sites for hydroxylation is 1. The summed E-state index contributed by atoms with van der Waals surface area (Å²) in [5.74, 6) is 1.07. The van der Waals surface area contributed by atoms with Gasteiger partial charge in [-0.2, -0.15) is 0 Å². The molecule has 2 aromatic rings. The first-order valence-electron chi connectivity index (χ1n) is 8.32. The number of hydrogen-bond donors (Lipinski definition) is 3. The summed E-state index contributed by atoms with van der Waals surface area (Å²) in [4.78, 5) is 12.1. The molecule has 0 aliphatic carbocycles. The number of aromatic nitrogens is 2. The van der Waals surface area contributed by atoms with Gasteiger partial charge < -0.3 is 20.2 Å². The molecule has 136 valence electrons. The van der Waals surface area contributed by atoms with E-state index in [-0.39, 0.29) is 11.9 Å². The van der Waals surface area contributed by atoms with E-state index in [2.05, 4.69) is 20.8 Å². The molecule has 0 bridgehead atoms. The van der Waals surface area contributed by atoms with Crippen molar-refractivity contribution in [2.75, 3.05) is 11.9 Å². The normalized spacial score (nSPS) is 12.9. The average Bonchev–Trinajstić information content (AvgIpc) is 2.99. The highest BCUT2D eigenvalue weighted by Crippen LogP contribution is 2.25. The quantitative estimate of drug-likeness (QED) is 0.746. The zero-order chi connectivity index (χ0) is 18.6. The summed E-state index contributed by atoms with van der Waals surface area (Å²) in [6, 6.07) is 6.82. The van der Waals surface area contributed by atoms with E-state index in [9.17, 15) is 9.90 Å². The van der Waals surface area contributed by atoms with Crippen molar-refractivity contribution in [1.29, 1.82) is 0 Å². The Morgan fingerprint density at radius 2 is 1.88 bits per heavy atom. The van der Waals surface area contributed by atoms with Crippen LogP contribution in [0.4, 0.5) is 10.5 Å². The number of anilines is 1. The maximum absolute atomic E-state index is 12.1. The molecule has 2 rings (SSSR count). The Morgan fingerprint density at radius 3 is 2.40 bits per heavy atom. The summed E-state index contributed by atoms with van der Waals surface area (Å²) in [5, 5.41) is 23.5. The fraction of sp³-hybridized carbons (Fsp3) is 0.500. The third-order valence-corrected chi connectivity index (χ3v) is 4.05. The molecule has 0 saturated carbocycles. The van der Waals surface area contributed by atoms with Crippen LogP contribution in [-0.4, -0.2) is 34.0 Å². The molecule has 0 radical (unpaired) electrons. The molecule has 1 aromatic carbocycles. The highest BCUT2D eigenvalue weighted by Gasteiger charge is 2.30. The van der Waals surface area contributed by atoms with Gasteiger partial charge in [0.05, 0.1) is 6.10 Å². The first-order chi connectivity index (χ1) is 11.7. The highest BCUT2D eigenvalue weighted by atomic mass is 16.4. The van der Waals surface area contributed by atoms with Crippen LogP contribution in [0.25, 0.3) is 11.5 Å². The maximum Gasteiger partial charge on any atom is 0.319 e. The van der Waals surface area contributed by atoms with Crippen LogP contribution in [0.1, 0.15) is 33.6 Å². The van der Waals surface area contributed by atoms with Crippen LogP contribution in [0.5, 0.6) is 0 Å². The molecule has 1 aromatic heterocycles. The number of benzene rings is 1. The molecule has 0 fully saturated rings. The summed E-state index contributed by atoms with van der Waals surface area (Å²) in [5.41, 5.74) is 1.03. The van der Waals surface area contributed by atoms with Crippen molar-refractivity contribution in [1.82, 2.24) is 15.5 Å². The molecule has 7 heteroatoms. The topological polar surface area (TPSA) is 100 Å². The van der Waals surface area contributed by atoms with Gasteiger partial charge in [-0.3, -0.25) is 0 Å². The molecule has 25 heavy (non-hydrogen) atoms. The molecular weight excluding hydrogens is 320 g/mol. The highest BCUT2D eigenvalue weighted by molar-refractivity contribution is 5.89. The minimum atomic E-state index is -0.495. The van der Waals surface area contributed by atoms with E-state index in [1.165, 1.54) is 0 Å². The molecule has 1 heterocycles. The van der Waals surface area contributed by atoms with Gasteiger partial charge in [-0.1, -0.05) is 27.7 Å². The predicted octanol–water partition coefficient (Wildman–Crippen LogP) is 3.21. The minimum Gasteiger partial charge on any atom is -0.421 e. The number of nitrogens with zero attached hydrogens (tertiary/aromatic N) is 2. The first kappa shape index (κ1) is 18.9. The summed E-state index contributed by atoms with van der Waals surface area (Å²) in [6.07, 6.45) is -0.495. The van der Waals surface area contributed by atoms with Gasteiger partial charge >= 0.3 is 6.03 Å². The van der Waals surface area contributed by atoms with Crippen molar-refractivity contribution >= 4 is 11.7 Å². The second-order valence-electron chi connectivity index (χ2n) is 7.19. The molecule has 7 nitrogen and oxygen atoms in total. The fourth-order valence-electron chi connectivity index (χ4n) is 2.60. The Morgan fingerprint density at radius 1 is 1.24 bits per heavy atom. The molecule has 1 unspecified atom stereocenters. The minimum absolute atomic E-state index is 0.126. The second-order valence-corrected chi connectivity index (χ2v) is 7.19. The monoisotopic (exact) mass is 346 g/mol. The lowest BCUT2D eigenvalue weighted by molar-refractivity contribution is 0.0154. The smallest absolute Gasteiger partial charge is 0.319 e. The van der Waals surface area contributed by atoms with E-state index in [0.29, 0.717) is 24.0 Å².